The van der Waals surface area contributed by atoms with Gasteiger partial charge in [-0.2, -0.15) is 5.26 Å². The molecular formula is C10H16N2O2. The second-order valence-electron chi connectivity index (χ2n) is 3.19. The molecule has 4 nitrogen and oxygen atoms in total. The van der Waals surface area contributed by atoms with Gasteiger partial charge in [-0.25, -0.2) is 4.79 Å². The summed E-state index contributed by atoms with van der Waals surface area (Å²) in [5.74, 6) is -0.278. The summed E-state index contributed by atoms with van der Waals surface area (Å²) < 4.78 is 0. The molecule has 0 bridgehead atoms. The van der Waals surface area contributed by atoms with Crippen LogP contribution in [0.1, 0.15) is 39.5 Å². The van der Waals surface area contributed by atoms with Crippen LogP contribution >= 0.6 is 0 Å². The van der Waals surface area contributed by atoms with E-state index in [9.17, 15) is 4.79 Å². The number of unbranched alkanes of at least 4 members (excludes halogenated alkanes) is 2. The molecule has 1 atom stereocenters. The summed E-state index contributed by atoms with van der Waals surface area (Å²) in [6, 6.07) is 2.18. The molecular weight excluding hydrogens is 180 g/mol. The zero-order valence-corrected chi connectivity index (χ0v) is 8.69. The van der Waals surface area contributed by atoms with Gasteiger partial charge >= 0.3 is 5.97 Å². The first-order valence-corrected chi connectivity index (χ1v) is 4.76. The van der Waals surface area contributed by atoms with Gasteiger partial charge in [0, 0.05) is 19.1 Å². The Balaban J connectivity index is 3.26. The second-order valence-corrected chi connectivity index (χ2v) is 3.19. The Morgan fingerprint density at radius 2 is 2.36 bits per heavy atom. The summed E-state index contributed by atoms with van der Waals surface area (Å²) >= 11 is 0. The maximum absolute atomic E-state index is 10.3. The molecule has 0 aromatic heterocycles. The van der Waals surface area contributed by atoms with Crippen LogP contribution in [-0.4, -0.2) is 12.2 Å². The molecule has 0 amide bonds. The largest absolute Gasteiger partial charge is 0.331 e. The maximum Gasteiger partial charge on any atom is 0.331 e. The van der Waals surface area contributed by atoms with Crippen LogP contribution in [0.25, 0.3) is 0 Å². The topological polar surface area (TPSA) is 62.4 Å². The molecule has 14 heavy (non-hydrogen) atoms. The normalized spacial score (nSPS) is 12.4. The Hall–Kier alpha value is -1.37. The van der Waals surface area contributed by atoms with Crippen LogP contribution < -0.4 is 0 Å². The fourth-order valence-electron chi connectivity index (χ4n) is 0.915. The van der Waals surface area contributed by atoms with Gasteiger partial charge in [0.1, 0.15) is 0 Å². The molecule has 0 heterocycles. The molecule has 4 heteroatoms. The van der Waals surface area contributed by atoms with Crippen molar-refractivity contribution in [2.45, 2.75) is 39.5 Å². The van der Waals surface area contributed by atoms with Crippen LogP contribution in [-0.2, 0) is 9.63 Å². The van der Waals surface area contributed by atoms with Gasteiger partial charge in [0.05, 0.1) is 6.07 Å². The van der Waals surface area contributed by atoms with Gasteiger partial charge in [-0.3, -0.25) is 0 Å². The third kappa shape index (κ3) is 8.72. The van der Waals surface area contributed by atoms with Crippen molar-refractivity contribution in [1.82, 2.24) is 0 Å². The van der Waals surface area contributed by atoms with Crippen molar-refractivity contribution >= 4 is 12.2 Å². The SMILES string of the molecule is CC(=O)ON=CCCCCC(C)C#N. The summed E-state index contributed by atoms with van der Waals surface area (Å²) in [6.07, 6.45) is 5.25. The van der Waals surface area contributed by atoms with Crippen molar-refractivity contribution in [1.29, 1.82) is 5.26 Å². The van der Waals surface area contributed by atoms with E-state index >= 15 is 0 Å². The molecule has 0 spiro atoms. The monoisotopic (exact) mass is 196 g/mol. The van der Waals surface area contributed by atoms with Gasteiger partial charge in [-0.1, -0.05) is 11.6 Å². The highest BCUT2D eigenvalue weighted by Gasteiger charge is 1.97. The predicted molar refractivity (Wildman–Crippen MR) is 53.5 cm³/mol. The van der Waals surface area contributed by atoms with Crippen molar-refractivity contribution in [2.24, 2.45) is 11.1 Å². The fourth-order valence-corrected chi connectivity index (χ4v) is 0.915. The van der Waals surface area contributed by atoms with E-state index in [1.165, 1.54) is 6.92 Å². The summed E-state index contributed by atoms with van der Waals surface area (Å²) in [5, 5.41) is 12.0. The maximum atomic E-state index is 10.3. The van der Waals surface area contributed by atoms with Crippen LogP contribution in [0, 0.1) is 17.2 Å². The lowest BCUT2D eigenvalue weighted by Crippen LogP contribution is -1.92. The molecule has 0 saturated heterocycles. The van der Waals surface area contributed by atoms with E-state index in [0.717, 1.165) is 25.7 Å². The zero-order chi connectivity index (χ0) is 10.8. The first kappa shape index (κ1) is 12.6. The van der Waals surface area contributed by atoms with E-state index in [4.69, 9.17) is 5.26 Å². The minimum atomic E-state index is -0.403. The minimum absolute atomic E-state index is 0.125. The van der Waals surface area contributed by atoms with Gasteiger partial charge in [0.25, 0.3) is 0 Å². The van der Waals surface area contributed by atoms with Gasteiger partial charge in [0.2, 0.25) is 0 Å². The number of carbonyl (C=O) groups is 1. The molecule has 0 aliphatic heterocycles. The Morgan fingerprint density at radius 1 is 1.64 bits per heavy atom. The average Bonchev–Trinajstić information content (AvgIpc) is 2.15. The summed E-state index contributed by atoms with van der Waals surface area (Å²) in [6.45, 7) is 3.22. The van der Waals surface area contributed by atoms with Crippen molar-refractivity contribution < 1.29 is 9.63 Å². The van der Waals surface area contributed by atoms with Crippen molar-refractivity contribution in [3.63, 3.8) is 0 Å². The summed E-state index contributed by atoms with van der Waals surface area (Å²) in [5.41, 5.74) is 0. The van der Waals surface area contributed by atoms with Crippen LogP contribution in [0.3, 0.4) is 0 Å². The van der Waals surface area contributed by atoms with E-state index in [1.54, 1.807) is 6.21 Å². The number of oxime groups is 1. The van der Waals surface area contributed by atoms with Gasteiger partial charge in [-0.15, -0.1) is 0 Å². The number of nitriles is 1. The van der Waals surface area contributed by atoms with Gasteiger partial charge in [-0.05, 0) is 26.2 Å². The molecule has 0 radical (unpaired) electrons. The quantitative estimate of drug-likeness (QED) is 0.283. The van der Waals surface area contributed by atoms with Gasteiger partial charge in [0.15, 0.2) is 0 Å². The lowest BCUT2D eigenvalue weighted by molar-refractivity contribution is -0.140. The standard InChI is InChI=1S/C10H16N2O2/c1-9(8-11)6-4-3-5-7-12-14-10(2)13/h7,9H,3-6H2,1-2H3. The highest BCUT2D eigenvalue weighted by Crippen LogP contribution is 2.07. The van der Waals surface area contributed by atoms with Crippen LogP contribution in [0.5, 0.6) is 0 Å². The molecule has 0 aliphatic rings. The van der Waals surface area contributed by atoms with E-state index in [1.807, 2.05) is 6.92 Å². The molecule has 0 saturated carbocycles. The molecule has 78 valence electrons. The highest BCUT2D eigenvalue weighted by molar-refractivity contribution is 5.67. The lowest BCUT2D eigenvalue weighted by atomic mass is 10.1. The van der Waals surface area contributed by atoms with E-state index < -0.39 is 5.97 Å². The first-order valence-electron chi connectivity index (χ1n) is 4.76. The molecule has 0 aliphatic carbocycles. The Labute approximate surface area is 84.5 Å². The Bertz CT molecular complexity index is 231. The average molecular weight is 196 g/mol. The second kappa shape index (κ2) is 8.24. The van der Waals surface area contributed by atoms with E-state index in [2.05, 4.69) is 16.1 Å². The molecule has 0 fully saturated rings. The third-order valence-electron chi connectivity index (χ3n) is 1.70. The number of nitrogens with zero attached hydrogens (tertiary/aromatic N) is 2. The zero-order valence-electron chi connectivity index (χ0n) is 8.69. The smallest absolute Gasteiger partial charge is 0.319 e. The van der Waals surface area contributed by atoms with Crippen LogP contribution in [0.4, 0.5) is 0 Å². The van der Waals surface area contributed by atoms with Crippen LogP contribution in [0.2, 0.25) is 0 Å². The number of hydrogen-bond acceptors (Lipinski definition) is 4. The molecule has 1 unspecified atom stereocenters. The number of hydrogen-bond donors (Lipinski definition) is 0. The van der Waals surface area contributed by atoms with Crippen molar-refractivity contribution in [3.05, 3.63) is 0 Å². The van der Waals surface area contributed by atoms with E-state index in [-0.39, 0.29) is 5.92 Å². The van der Waals surface area contributed by atoms with Crippen molar-refractivity contribution in [3.8, 4) is 6.07 Å². The third-order valence-corrected chi connectivity index (χ3v) is 1.70. The Kier molecular flexibility index (Phi) is 7.43. The van der Waals surface area contributed by atoms with E-state index in [0.29, 0.717) is 0 Å². The number of rotatable bonds is 6. The number of carbonyl (C=O) groups excluding carboxylic acids is 1. The van der Waals surface area contributed by atoms with Crippen LogP contribution in [0.15, 0.2) is 5.16 Å². The lowest BCUT2D eigenvalue weighted by Gasteiger charge is -1.99. The molecule has 0 aromatic rings. The predicted octanol–water partition coefficient (Wildman–Crippen LogP) is 2.26. The van der Waals surface area contributed by atoms with Crippen molar-refractivity contribution in [2.75, 3.05) is 0 Å². The Morgan fingerprint density at radius 3 is 2.93 bits per heavy atom. The summed E-state index contributed by atoms with van der Waals surface area (Å²) in [4.78, 5) is 14.7. The minimum Gasteiger partial charge on any atom is -0.319 e. The molecule has 0 aromatic carbocycles. The molecule has 0 rings (SSSR count). The highest BCUT2D eigenvalue weighted by atomic mass is 16.7. The summed E-state index contributed by atoms with van der Waals surface area (Å²) in [7, 11) is 0. The van der Waals surface area contributed by atoms with Gasteiger partial charge < -0.3 is 4.84 Å². The molecule has 0 N–H and O–H groups in total. The fraction of sp³-hybridized carbons (Fsp3) is 0.700. The first-order chi connectivity index (χ1) is 6.66.